The summed E-state index contributed by atoms with van der Waals surface area (Å²) in [6, 6.07) is 3.57. The molecule has 29 heavy (non-hydrogen) atoms. The third-order valence-electron chi connectivity index (χ3n) is 6.28. The van der Waals surface area contributed by atoms with E-state index in [1.807, 2.05) is 12.1 Å². The molecule has 9 nitrogen and oxygen atoms in total. The van der Waals surface area contributed by atoms with Crippen LogP contribution in [0.15, 0.2) is 24.3 Å². The van der Waals surface area contributed by atoms with E-state index in [4.69, 9.17) is 9.57 Å². The normalized spacial score (nSPS) is 30.6. The maximum absolute atomic E-state index is 12.2. The van der Waals surface area contributed by atoms with E-state index in [2.05, 4.69) is 11.9 Å². The van der Waals surface area contributed by atoms with Gasteiger partial charge in [-0.15, -0.1) is 5.17 Å². The van der Waals surface area contributed by atoms with E-state index < -0.39 is 23.5 Å². The number of hydrazine groups is 1. The molecule has 154 valence electrons. The van der Waals surface area contributed by atoms with Gasteiger partial charge >= 0.3 is 6.09 Å². The van der Waals surface area contributed by atoms with Crippen LogP contribution in [-0.4, -0.2) is 64.7 Å². The Kier molecular flexibility index (Phi) is 4.09. The first kappa shape index (κ1) is 18.4. The quantitative estimate of drug-likeness (QED) is 0.722. The average Bonchev–Trinajstić information content (AvgIpc) is 3.19. The van der Waals surface area contributed by atoms with Crippen LogP contribution >= 0.6 is 0 Å². The monoisotopic (exact) mass is 401 g/mol. The highest BCUT2D eigenvalue weighted by Crippen LogP contribution is 2.56. The number of aliphatic hydroxyl groups is 1. The summed E-state index contributed by atoms with van der Waals surface area (Å²) in [5.41, 5.74) is 1.84. The van der Waals surface area contributed by atoms with Crippen LogP contribution in [-0.2, 0) is 21.6 Å². The van der Waals surface area contributed by atoms with Gasteiger partial charge in [-0.3, -0.25) is 4.79 Å². The molecule has 0 bridgehead atoms. The van der Waals surface area contributed by atoms with E-state index in [0.29, 0.717) is 18.7 Å². The van der Waals surface area contributed by atoms with Crippen molar-refractivity contribution in [3.05, 3.63) is 35.4 Å². The van der Waals surface area contributed by atoms with E-state index in [1.54, 1.807) is 12.1 Å². The first-order chi connectivity index (χ1) is 13.9. The number of hydrogen-bond acceptors (Lipinski definition) is 6. The highest BCUT2D eigenvalue weighted by Gasteiger charge is 2.53. The molecule has 0 radical (unpaired) electrons. The van der Waals surface area contributed by atoms with Crippen LogP contribution in [0.2, 0.25) is 0 Å². The van der Waals surface area contributed by atoms with Crippen LogP contribution in [0.25, 0.3) is 0 Å². The number of rotatable bonds is 2. The molecule has 3 heterocycles. The molecule has 3 atom stereocenters. The predicted molar refractivity (Wildman–Crippen MR) is 101 cm³/mol. The highest BCUT2D eigenvalue weighted by molar-refractivity contribution is 5.93. The second kappa shape index (κ2) is 6.45. The number of aliphatic hydroxyl groups excluding tert-OH is 1. The largest absolute Gasteiger partial charge is 0.486 e. The van der Waals surface area contributed by atoms with Crippen LogP contribution in [0.4, 0.5) is 10.5 Å². The Morgan fingerprint density at radius 2 is 2.21 bits per heavy atom. The molecule has 0 unspecified atom stereocenters. The first-order valence-electron chi connectivity index (χ1n) is 9.78. The molecule has 1 aliphatic carbocycles. The number of amides is 2. The summed E-state index contributed by atoms with van der Waals surface area (Å²) in [6.07, 6.45) is 2.95. The van der Waals surface area contributed by atoms with Gasteiger partial charge in [-0.05, 0) is 31.6 Å². The summed E-state index contributed by atoms with van der Waals surface area (Å²) in [4.78, 5) is 31.8. The van der Waals surface area contributed by atoms with E-state index in [1.165, 1.54) is 0 Å². The van der Waals surface area contributed by atoms with Gasteiger partial charge in [0.25, 0.3) is 5.91 Å². The zero-order valence-corrected chi connectivity index (χ0v) is 16.1. The minimum Gasteiger partial charge on any atom is -0.486 e. The van der Waals surface area contributed by atoms with Crippen LogP contribution in [0.5, 0.6) is 5.75 Å². The first-order valence-corrected chi connectivity index (χ1v) is 9.78. The van der Waals surface area contributed by atoms with Crippen LogP contribution in [0.1, 0.15) is 30.4 Å². The Hall–Kier alpha value is -2.62. The summed E-state index contributed by atoms with van der Waals surface area (Å²) < 4.78 is 6.32. The molecular formula is C20H23N3O6. The molecular weight excluding hydrogens is 378 g/mol. The molecule has 0 saturated carbocycles. The van der Waals surface area contributed by atoms with Gasteiger partial charge in [0, 0.05) is 18.5 Å². The minimum absolute atomic E-state index is 0.122. The molecule has 1 saturated heterocycles. The molecule has 1 fully saturated rings. The van der Waals surface area contributed by atoms with Gasteiger partial charge in [-0.2, -0.15) is 5.01 Å². The van der Waals surface area contributed by atoms with Crippen molar-refractivity contribution in [1.82, 2.24) is 10.1 Å². The number of carbonyl (C=O) groups excluding carboxylic acids is 1. The van der Waals surface area contributed by atoms with Gasteiger partial charge < -0.3 is 19.8 Å². The van der Waals surface area contributed by atoms with Gasteiger partial charge in [-0.25, -0.2) is 9.63 Å². The zero-order valence-electron chi connectivity index (χ0n) is 16.1. The van der Waals surface area contributed by atoms with Crippen molar-refractivity contribution in [2.75, 3.05) is 25.2 Å². The lowest BCUT2D eigenvalue weighted by Crippen LogP contribution is -2.46. The summed E-state index contributed by atoms with van der Waals surface area (Å²) in [7, 11) is 2.05. The second-order valence-electron chi connectivity index (χ2n) is 8.09. The van der Waals surface area contributed by atoms with Crippen molar-refractivity contribution in [3.8, 4) is 5.75 Å². The van der Waals surface area contributed by atoms with Gasteiger partial charge in [0.2, 0.25) is 0 Å². The van der Waals surface area contributed by atoms with Crippen molar-refractivity contribution in [1.29, 1.82) is 0 Å². The Morgan fingerprint density at radius 3 is 2.93 bits per heavy atom. The van der Waals surface area contributed by atoms with Crippen molar-refractivity contribution < 1.29 is 29.4 Å². The minimum atomic E-state index is -1.33. The number of nitrogens with zero attached hydrogens (tertiary/aromatic N) is 3. The maximum atomic E-state index is 12.2. The Bertz CT molecular complexity index is 918. The molecule has 1 aromatic rings. The third-order valence-corrected chi connectivity index (χ3v) is 6.28. The second-order valence-corrected chi connectivity index (χ2v) is 8.09. The van der Waals surface area contributed by atoms with Gasteiger partial charge in [0.05, 0.1) is 24.5 Å². The summed E-state index contributed by atoms with van der Waals surface area (Å²) in [6.45, 7) is 1.69. The van der Waals surface area contributed by atoms with E-state index in [0.717, 1.165) is 34.3 Å². The standard InChI is InChI=1S/C20H23N3O6/c1-21-8-7-20-6-4-13(24)10-15(20)29-18-14(3-2-12(11-21)17(18)20)22(19(26)27)23-16(25)5-9-28-23/h2-4,6,13,15,24H,5,7-11H2,1H3,(H,26,27)/t13-,15-,20-/m0/s1. The van der Waals surface area contributed by atoms with Crippen molar-refractivity contribution in [3.63, 3.8) is 0 Å². The molecule has 1 aromatic carbocycles. The summed E-state index contributed by atoms with van der Waals surface area (Å²) >= 11 is 0. The van der Waals surface area contributed by atoms with E-state index >= 15 is 0 Å². The number of carbonyl (C=O) groups is 2. The Labute approximate surface area is 167 Å². The number of anilines is 1. The molecule has 1 spiro atoms. The van der Waals surface area contributed by atoms with Crippen molar-refractivity contribution in [2.24, 2.45) is 0 Å². The van der Waals surface area contributed by atoms with Crippen LogP contribution < -0.4 is 9.75 Å². The molecule has 5 rings (SSSR count). The fourth-order valence-electron chi connectivity index (χ4n) is 4.93. The fraction of sp³-hybridized carbons (Fsp3) is 0.500. The number of carboxylic acid groups (broad SMARTS) is 1. The molecule has 0 aromatic heterocycles. The van der Waals surface area contributed by atoms with E-state index in [-0.39, 0.29) is 24.8 Å². The lowest BCUT2D eigenvalue weighted by molar-refractivity contribution is -0.163. The highest BCUT2D eigenvalue weighted by atomic mass is 16.7. The maximum Gasteiger partial charge on any atom is 0.433 e. The molecule has 2 N–H and O–H groups in total. The lowest BCUT2D eigenvalue weighted by atomic mass is 9.69. The fourth-order valence-corrected chi connectivity index (χ4v) is 4.93. The zero-order chi connectivity index (χ0) is 20.3. The topological polar surface area (TPSA) is 103 Å². The molecule has 3 aliphatic heterocycles. The number of hydrogen-bond donors (Lipinski definition) is 2. The molecule has 9 heteroatoms. The predicted octanol–water partition coefficient (Wildman–Crippen LogP) is 1.40. The molecule has 4 aliphatic rings. The Morgan fingerprint density at radius 1 is 1.38 bits per heavy atom. The van der Waals surface area contributed by atoms with Crippen molar-refractivity contribution in [2.45, 2.75) is 43.4 Å². The summed E-state index contributed by atoms with van der Waals surface area (Å²) in [5, 5.41) is 21.7. The number of hydroxylamine groups is 1. The lowest BCUT2D eigenvalue weighted by Gasteiger charge is -2.35. The van der Waals surface area contributed by atoms with Crippen molar-refractivity contribution >= 4 is 17.7 Å². The van der Waals surface area contributed by atoms with Crippen LogP contribution in [0.3, 0.4) is 0 Å². The smallest absolute Gasteiger partial charge is 0.433 e. The van der Waals surface area contributed by atoms with Gasteiger partial charge in [0.1, 0.15) is 17.5 Å². The average molecular weight is 401 g/mol. The van der Waals surface area contributed by atoms with E-state index in [9.17, 15) is 19.8 Å². The summed E-state index contributed by atoms with van der Waals surface area (Å²) in [5.74, 6) is 0.0296. The molecule has 2 amide bonds. The van der Waals surface area contributed by atoms with Gasteiger partial charge in [-0.1, -0.05) is 18.2 Å². The Balaban J connectivity index is 1.69. The van der Waals surface area contributed by atoms with Gasteiger partial charge in [0.15, 0.2) is 0 Å². The number of ether oxygens (including phenoxy) is 1. The number of benzene rings is 1. The third kappa shape index (κ3) is 2.65. The van der Waals surface area contributed by atoms with Crippen LogP contribution in [0, 0.1) is 0 Å². The SMILES string of the molecule is CN1CC[C@@]23C=C[C@H](O)C[C@@H]2Oc2c(N(C(=O)O)N4OCCC4=O)ccc(c23)C1.